The van der Waals surface area contributed by atoms with Crippen LogP contribution in [-0.4, -0.2) is 94.5 Å². The number of halogens is 2. The Hall–Kier alpha value is -1.80. The summed E-state index contributed by atoms with van der Waals surface area (Å²) in [7, 11) is 0. The van der Waals surface area contributed by atoms with Crippen LogP contribution in [0.4, 0.5) is 4.39 Å². The molecule has 57 heavy (non-hydrogen) atoms. The molecule has 2 aromatic carbocycles. The van der Waals surface area contributed by atoms with E-state index in [4.69, 9.17) is 29.4 Å². The number of aryl methyl sites for hydroxylation is 1. The monoisotopic (exact) mass is 873 g/mol. The van der Waals surface area contributed by atoms with Gasteiger partial charge in [0.15, 0.2) is 0 Å². The molecule has 0 radical (unpaired) electrons. The molecule has 2 aliphatic rings. The SMILES string of the molecule is C1COC1.CCl.CCn1c(CN2CCC(c3cccc(OCc4ccccc4F)n3)CC2)nc2cc(CC(=O)NCCCCS[N-]O)ccc21.CSC.NC=O.[K+]. The fourth-order valence-electron chi connectivity index (χ4n) is 5.85. The van der Waals surface area contributed by atoms with Crippen LogP contribution < -0.4 is 67.2 Å². The molecule has 2 saturated heterocycles. The summed E-state index contributed by atoms with van der Waals surface area (Å²) in [6, 6.07) is 18.6. The first-order valence-electron chi connectivity index (χ1n) is 18.6. The standard InChI is InChI=1S/C33H40FN6O3S.C3H6O.C2H6S.CH3Cl.CH3NO.K/c1-2-40-30-13-12-24(21-32(41)35-16-5-6-19-44-38-42)20-29(30)36-31(40)22-39-17-14-25(15-18-39)28-10-7-11-33(37-28)43-23-26-8-3-4-9-27(26)34;1-2-4-3-1;1-3-2;1-2;2-1-3;/h3-4,7-13,20,25,42H,2,5-6,14-19,21-23H2,1H3,(H,35,41);1-3H2;1-2H3;1H3;1H,(H2,2,3);/q-1;;;;;+1. The van der Waals surface area contributed by atoms with E-state index in [1.54, 1.807) is 30.0 Å². The zero-order chi connectivity index (χ0) is 41.0. The first-order valence-corrected chi connectivity index (χ1v) is 22.0. The molecule has 4 heterocycles. The molecular weight excluding hydrogens is 816 g/mol. The zero-order valence-electron chi connectivity index (χ0n) is 34.0. The number of alkyl halides is 1. The minimum Gasteiger partial charge on any atom is -0.491 e. The van der Waals surface area contributed by atoms with Crippen LogP contribution in [-0.2, 0) is 40.4 Å². The number of carbonyl (C=O) groups is 2. The van der Waals surface area contributed by atoms with Crippen molar-refractivity contribution >= 4 is 58.7 Å². The van der Waals surface area contributed by atoms with Gasteiger partial charge in [-0.05, 0) is 100 Å². The number of unbranched alkanes of at least 4 members (excludes halogenated alkanes) is 1. The molecular formula is C40H58ClFKN7O5S2. The molecule has 2 fully saturated rings. The number of carbonyl (C=O) groups excluding carboxylic acids is 2. The van der Waals surface area contributed by atoms with Gasteiger partial charge in [0, 0.05) is 55.9 Å². The summed E-state index contributed by atoms with van der Waals surface area (Å²) < 4.78 is 26.8. The molecule has 0 spiro atoms. The fraction of sp³-hybridized carbons (Fsp3) is 0.500. The van der Waals surface area contributed by atoms with Gasteiger partial charge in [0.1, 0.15) is 18.2 Å². The van der Waals surface area contributed by atoms with Crippen molar-refractivity contribution in [2.45, 2.75) is 71.1 Å². The van der Waals surface area contributed by atoms with Crippen molar-refractivity contribution in [1.82, 2.24) is 24.8 Å². The number of pyridine rings is 1. The molecule has 0 saturated carbocycles. The third-order valence-corrected chi connectivity index (χ3v) is 9.23. The van der Waals surface area contributed by atoms with Gasteiger partial charge in [-0.3, -0.25) is 26.4 Å². The van der Waals surface area contributed by atoms with Gasteiger partial charge in [-0.25, -0.2) is 14.4 Å². The number of fused-ring (bicyclic) bond motifs is 1. The predicted octanol–water partition coefficient (Wildman–Crippen LogP) is 4.75. The Kier molecular flexibility index (Phi) is 30.8. The van der Waals surface area contributed by atoms with E-state index >= 15 is 0 Å². The Labute approximate surface area is 393 Å². The number of nitrogens with two attached hydrogens (primary N) is 1. The molecule has 4 aromatic rings. The summed E-state index contributed by atoms with van der Waals surface area (Å²) in [6.45, 7) is 8.39. The molecule has 4 N–H and O–H groups in total. The van der Waals surface area contributed by atoms with E-state index in [1.165, 1.54) is 18.9 Å². The van der Waals surface area contributed by atoms with Crippen LogP contribution in [0.5, 0.6) is 5.88 Å². The number of hydrogen-bond acceptors (Lipinski definition) is 10. The van der Waals surface area contributed by atoms with Crippen molar-refractivity contribution in [2.75, 3.05) is 57.5 Å². The van der Waals surface area contributed by atoms with Crippen LogP contribution >= 0.6 is 35.3 Å². The van der Waals surface area contributed by atoms with Crippen LogP contribution in [0, 0.1) is 5.82 Å². The van der Waals surface area contributed by atoms with Gasteiger partial charge < -0.3 is 35.2 Å². The molecule has 310 valence electrons. The van der Waals surface area contributed by atoms with Crippen molar-refractivity contribution in [3.63, 3.8) is 0 Å². The Morgan fingerprint density at radius 3 is 2.39 bits per heavy atom. The summed E-state index contributed by atoms with van der Waals surface area (Å²) in [6.07, 6.45) is 11.1. The van der Waals surface area contributed by atoms with Gasteiger partial charge in [-0.15, -0.1) is 11.6 Å². The molecule has 0 unspecified atom stereocenters. The maximum Gasteiger partial charge on any atom is 1.00 e. The molecule has 0 aliphatic carbocycles. The van der Waals surface area contributed by atoms with E-state index in [0.717, 1.165) is 111 Å². The number of nitrogens with one attached hydrogen (secondary N) is 1. The first kappa shape index (κ1) is 53.2. The number of thioether (sulfide) groups is 1. The van der Waals surface area contributed by atoms with Crippen LogP contribution in [0.25, 0.3) is 15.9 Å². The molecule has 0 atom stereocenters. The topological polar surface area (TPSA) is 159 Å². The van der Waals surface area contributed by atoms with E-state index in [2.05, 4.69) is 56.1 Å². The Morgan fingerprint density at radius 1 is 1.11 bits per heavy atom. The average Bonchev–Trinajstić information content (AvgIpc) is 3.53. The van der Waals surface area contributed by atoms with Crippen molar-refractivity contribution in [2.24, 2.45) is 5.73 Å². The third-order valence-electron chi connectivity index (χ3n) is 8.64. The van der Waals surface area contributed by atoms with Crippen molar-refractivity contribution in [3.8, 4) is 5.88 Å². The largest absolute Gasteiger partial charge is 1.00 e. The quantitative estimate of drug-likeness (QED) is 0.0381. The molecule has 2 amide bonds. The predicted molar refractivity (Wildman–Crippen MR) is 228 cm³/mol. The number of ether oxygens (including phenoxy) is 2. The molecule has 17 heteroatoms. The van der Waals surface area contributed by atoms with Crippen molar-refractivity contribution < 1.29 is 80.0 Å². The first-order chi connectivity index (χ1) is 27.4. The van der Waals surface area contributed by atoms with Gasteiger partial charge in [0.2, 0.25) is 18.2 Å². The Balaban J connectivity index is 0.00000110. The van der Waals surface area contributed by atoms with E-state index in [0.29, 0.717) is 30.3 Å². The number of amides is 2. The number of imidazole rings is 1. The third kappa shape index (κ3) is 20.3. The summed E-state index contributed by atoms with van der Waals surface area (Å²) >= 11 is 7.52. The van der Waals surface area contributed by atoms with E-state index < -0.39 is 0 Å². The van der Waals surface area contributed by atoms with E-state index in [-0.39, 0.29) is 76.1 Å². The number of piperidine rings is 1. The van der Waals surface area contributed by atoms with Crippen LogP contribution in [0.1, 0.15) is 67.6 Å². The minimum absolute atomic E-state index is 0. The summed E-state index contributed by atoms with van der Waals surface area (Å²) in [5.74, 6) is 2.37. The molecule has 2 aliphatic heterocycles. The Bertz CT molecular complexity index is 1680. The van der Waals surface area contributed by atoms with Crippen molar-refractivity contribution in [1.29, 1.82) is 0 Å². The average molecular weight is 875 g/mol. The minimum atomic E-state index is -0.273. The fourth-order valence-corrected chi connectivity index (χ4v) is 6.27. The smallest absolute Gasteiger partial charge is 0.491 e. The van der Waals surface area contributed by atoms with Gasteiger partial charge in [0.05, 0.1) is 24.0 Å². The van der Waals surface area contributed by atoms with Crippen LogP contribution in [0.2, 0.25) is 0 Å². The summed E-state index contributed by atoms with van der Waals surface area (Å²) in [5.41, 5.74) is 8.66. The number of benzene rings is 2. The number of primary amides is 1. The second-order valence-corrected chi connectivity index (χ2v) is 14.2. The molecule has 2 aromatic heterocycles. The number of likely N-dealkylation sites (tertiary alicyclic amines) is 1. The Morgan fingerprint density at radius 2 is 1.77 bits per heavy atom. The number of aromatic nitrogens is 3. The van der Waals surface area contributed by atoms with Crippen LogP contribution in [0.15, 0.2) is 60.7 Å². The van der Waals surface area contributed by atoms with Gasteiger partial charge >= 0.3 is 51.4 Å². The molecule has 0 bridgehead atoms. The zero-order valence-corrected chi connectivity index (χ0v) is 39.5. The molecule has 6 rings (SSSR count). The maximum atomic E-state index is 14.0. The maximum absolute atomic E-state index is 14.0. The second-order valence-electron chi connectivity index (χ2n) is 12.6. The van der Waals surface area contributed by atoms with Gasteiger partial charge in [-0.1, -0.05) is 30.3 Å². The van der Waals surface area contributed by atoms with E-state index in [1.807, 2.05) is 36.8 Å². The number of hydrogen-bond donors (Lipinski definition) is 3. The number of nitrogens with zero attached hydrogens (tertiary/aromatic N) is 5. The number of rotatable bonds is 15. The summed E-state index contributed by atoms with van der Waals surface area (Å²) in [4.78, 5) is 36.2. The van der Waals surface area contributed by atoms with Crippen molar-refractivity contribution in [3.05, 3.63) is 94.0 Å². The molecule has 12 nitrogen and oxygen atoms in total. The second kappa shape index (κ2) is 33.0. The summed E-state index contributed by atoms with van der Waals surface area (Å²) in [5, 5.41) is 11.4. The van der Waals surface area contributed by atoms with Gasteiger partial charge in [0.25, 0.3) is 0 Å². The van der Waals surface area contributed by atoms with Gasteiger partial charge in [-0.2, -0.15) is 11.8 Å². The van der Waals surface area contributed by atoms with Crippen LogP contribution in [0.3, 0.4) is 0 Å². The normalized spacial score (nSPS) is 13.3. The van der Waals surface area contributed by atoms with E-state index in [9.17, 15) is 9.18 Å².